The minimum absolute atomic E-state index is 0.0204. The molecule has 0 aliphatic heterocycles. The highest BCUT2D eigenvalue weighted by Crippen LogP contribution is 2.10. The van der Waals surface area contributed by atoms with Gasteiger partial charge in [0.1, 0.15) is 0 Å². The number of hydrogen-bond acceptors (Lipinski definition) is 2. The fraction of sp³-hybridized carbons (Fsp3) is 0.562. The Hall–Kier alpha value is -1.51. The number of benzene rings is 1. The van der Waals surface area contributed by atoms with E-state index in [9.17, 15) is 4.79 Å². The fourth-order valence-electron chi connectivity index (χ4n) is 2.02. The molecule has 1 rings (SSSR count). The normalized spacial score (nSPS) is 11.9. The smallest absolute Gasteiger partial charge is 0.251 e. The van der Waals surface area contributed by atoms with E-state index < -0.39 is 0 Å². The molecule has 0 heterocycles. The van der Waals surface area contributed by atoms with E-state index in [-0.39, 0.29) is 11.9 Å². The van der Waals surface area contributed by atoms with Crippen LogP contribution in [0.25, 0.3) is 0 Å². The van der Waals surface area contributed by atoms with Crippen LogP contribution in [0.15, 0.2) is 24.3 Å². The number of amides is 1. The van der Waals surface area contributed by atoms with Crippen LogP contribution >= 0.6 is 0 Å². The molecule has 3 nitrogen and oxygen atoms in total. The van der Waals surface area contributed by atoms with Crippen molar-refractivity contribution in [1.29, 1.82) is 0 Å². The standard InChI is InChI=1S/C16H26N2O/c1-4-6-7-8-13(3)18-16(19)14-9-11-15(12-10-14)17-5-2/h9-13,17H,4-8H2,1-3H3,(H,18,19). The van der Waals surface area contributed by atoms with Crippen molar-refractivity contribution in [1.82, 2.24) is 5.32 Å². The van der Waals surface area contributed by atoms with Gasteiger partial charge in [-0.05, 0) is 44.5 Å². The van der Waals surface area contributed by atoms with E-state index in [1.54, 1.807) is 0 Å². The van der Waals surface area contributed by atoms with Gasteiger partial charge in [-0.1, -0.05) is 26.2 Å². The van der Waals surface area contributed by atoms with Crippen LogP contribution < -0.4 is 10.6 Å². The number of hydrogen-bond donors (Lipinski definition) is 2. The molecule has 1 amide bonds. The van der Waals surface area contributed by atoms with Crippen molar-refractivity contribution in [3.63, 3.8) is 0 Å². The Bertz CT molecular complexity index is 373. The van der Waals surface area contributed by atoms with E-state index in [0.717, 1.165) is 24.2 Å². The summed E-state index contributed by atoms with van der Waals surface area (Å²) in [5.41, 5.74) is 1.78. The van der Waals surface area contributed by atoms with E-state index in [1.807, 2.05) is 24.3 Å². The lowest BCUT2D eigenvalue weighted by molar-refractivity contribution is 0.0938. The predicted molar refractivity (Wildman–Crippen MR) is 81.7 cm³/mol. The van der Waals surface area contributed by atoms with Gasteiger partial charge in [0.2, 0.25) is 0 Å². The van der Waals surface area contributed by atoms with Gasteiger partial charge in [-0.2, -0.15) is 0 Å². The summed E-state index contributed by atoms with van der Waals surface area (Å²) in [6, 6.07) is 7.87. The van der Waals surface area contributed by atoms with Crippen molar-refractivity contribution < 1.29 is 4.79 Å². The van der Waals surface area contributed by atoms with Crippen molar-refractivity contribution in [3.05, 3.63) is 29.8 Å². The van der Waals surface area contributed by atoms with Gasteiger partial charge in [-0.15, -0.1) is 0 Å². The maximum absolute atomic E-state index is 12.0. The third kappa shape index (κ3) is 5.77. The Balaban J connectivity index is 2.44. The fourth-order valence-corrected chi connectivity index (χ4v) is 2.02. The number of carbonyl (C=O) groups is 1. The van der Waals surface area contributed by atoms with E-state index in [0.29, 0.717) is 0 Å². The minimum atomic E-state index is 0.0204. The number of carbonyl (C=O) groups excluding carboxylic acids is 1. The molecule has 1 aromatic rings. The van der Waals surface area contributed by atoms with E-state index >= 15 is 0 Å². The van der Waals surface area contributed by atoms with Crippen molar-refractivity contribution in [2.24, 2.45) is 0 Å². The molecule has 0 fully saturated rings. The summed E-state index contributed by atoms with van der Waals surface area (Å²) in [7, 11) is 0. The van der Waals surface area contributed by atoms with Gasteiger partial charge in [-0.25, -0.2) is 0 Å². The Kier molecular flexibility index (Phi) is 7.01. The number of nitrogens with one attached hydrogen (secondary N) is 2. The quantitative estimate of drug-likeness (QED) is 0.699. The van der Waals surface area contributed by atoms with Gasteiger partial charge in [-0.3, -0.25) is 4.79 Å². The molecule has 0 aromatic heterocycles. The lowest BCUT2D eigenvalue weighted by Crippen LogP contribution is -2.32. The van der Waals surface area contributed by atoms with Crippen molar-refractivity contribution in [3.8, 4) is 0 Å². The van der Waals surface area contributed by atoms with Gasteiger partial charge < -0.3 is 10.6 Å². The molecular weight excluding hydrogens is 236 g/mol. The van der Waals surface area contributed by atoms with Gasteiger partial charge in [0.05, 0.1) is 0 Å². The van der Waals surface area contributed by atoms with E-state index in [1.165, 1.54) is 19.3 Å². The average molecular weight is 262 g/mol. The molecular formula is C16H26N2O. The first-order chi connectivity index (χ1) is 9.17. The topological polar surface area (TPSA) is 41.1 Å². The van der Waals surface area contributed by atoms with Crippen LogP contribution in [0.5, 0.6) is 0 Å². The summed E-state index contributed by atoms with van der Waals surface area (Å²) in [6.07, 6.45) is 4.68. The molecule has 2 N–H and O–H groups in total. The summed E-state index contributed by atoms with van der Waals surface area (Å²) in [4.78, 5) is 12.0. The molecule has 0 aliphatic carbocycles. The second-order valence-corrected chi connectivity index (χ2v) is 4.98. The van der Waals surface area contributed by atoms with Gasteiger partial charge in [0.25, 0.3) is 5.91 Å². The monoisotopic (exact) mass is 262 g/mol. The van der Waals surface area contributed by atoms with Crippen molar-refractivity contribution in [2.75, 3.05) is 11.9 Å². The maximum Gasteiger partial charge on any atom is 0.251 e. The number of anilines is 1. The summed E-state index contributed by atoms with van der Waals surface area (Å²) in [6.45, 7) is 7.20. The third-order valence-electron chi connectivity index (χ3n) is 3.15. The van der Waals surface area contributed by atoms with Gasteiger partial charge in [0.15, 0.2) is 0 Å². The highest BCUT2D eigenvalue weighted by Gasteiger charge is 2.09. The molecule has 1 aromatic carbocycles. The van der Waals surface area contributed by atoms with Crippen molar-refractivity contribution >= 4 is 11.6 Å². The SMILES string of the molecule is CCCCCC(C)NC(=O)c1ccc(NCC)cc1. The molecule has 1 unspecified atom stereocenters. The predicted octanol–water partition coefficient (Wildman–Crippen LogP) is 3.82. The van der Waals surface area contributed by atoms with Crippen LogP contribution in [0.4, 0.5) is 5.69 Å². The molecule has 0 saturated heterocycles. The zero-order valence-electron chi connectivity index (χ0n) is 12.3. The first kappa shape index (κ1) is 15.5. The first-order valence-electron chi connectivity index (χ1n) is 7.32. The van der Waals surface area contributed by atoms with Gasteiger partial charge in [0, 0.05) is 23.8 Å². The van der Waals surface area contributed by atoms with Crippen LogP contribution in [0, 0.1) is 0 Å². The van der Waals surface area contributed by atoms with Crippen LogP contribution in [0.3, 0.4) is 0 Å². The summed E-state index contributed by atoms with van der Waals surface area (Å²) in [5, 5.41) is 6.26. The highest BCUT2D eigenvalue weighted by atomic mass is 16.1. The summed E-state index contributed by atoms with van der Waals surface area (Å²) < 4.78 is 0. The van der Waals surface area contributed by atoms with E-state index in [4.69, 9.17) is 0 Å². The molecule has 106 valence electrons. The lowest BCUT2D eigenvalue weighted by Gasteiger charge is -2.14. The van der Waals surface area contributed by atoms with Crippen LogP contribution in [-0.2, 0) is 0 Å². The molecule has 0 spiro atoms. The maximum atomic E-state index is 12.0. The second-order valence-electron chi connectivity index (χ2n) is 4.98. The van der Waals surface area contributed by atoms with Crippen molar-refractivity contribution in [2.45, 2.75) is 52.5 Å². The van der Waals surface area contributed by atoms with E-state index in [2.05, 4.69) is 31.4 Å². The first-order valence-corrected chi connectivity index (χ1v) is 7.32. The van der Waals surface area contributed by atoms with Crippen LogP contribution in [0.2, 0.25) is 0 Å². The minimum Gasteiger partial charge on any atom is -0.385 e. The summed E-state index contributed by atoms with van der Waals surface area (Å²) in [5.74, 6) is 0.0204. The Labute approximate surface area is 116 Å². The summed E-state index contributed by atoms with van der Waals surface area (Å²) >= 11 is 0. The lowest BCUT2D eigenvalue weighted by atomic mass is 10.1. The average Bonchev–Trinajstić information content (AvgIpc) is 2.40. The second kappa shape index (κ2) is 8.57. The molecule has 0 radical (unpaired) electrons. The zero-order chi connectivity index (χ0) is 14.1. The molecule has 1 atom stereocenters. The highest BCUT2D eigenvalue weighted by molar-refractivity contribution is 5.94. The third-order valence-corrected chi connectivity index (χ3v) is 3.15. The Morgan fingerprint density at radius 3 is 2.42 bits per heavy atom. The molecule has 0 bridgehead atoms. The Morgan fingerprint density at radius 2 is 1.84 bits per heavy atom. The molecule has 0 saturated carbocycles. The molecule has 19 heavy (non-hydrogen) atoms. The number of rotatable bonds is 8. The van der Waals surface area contributed by atoms with Gasteiger partial charge >= 0.3 is 0 Å². The van der Waals surface area contributed by atoms with Crippen LogP contribution in [-0.4, -0.2) is 18.5 Å². The zero-order valence-corrected chi connectivity index (χ0v) is 12.3. The largest absolute Gasteiger partial charge is 0.385 e. The number of unbranched alkanes of at least 4 members (excludes halogenated alkanes) is 2. The molecule has 0 aliphatic rings. The molecule has 3 heteroatoms. The van der Waals surface area contributed by atoms with Crippen LogP contribution in [0.1, 0.15) is 56.8 Å². The Morgan fingerprint density at radius 1 is 1.16 bits per heavy atom.